The molecular formula is C16H30O2S2. The van der Waals surface area contributed by atoms with E-state index in [1.54, 1.807) is 0 Å². The van der Waals surface area contributed by atoms with E-state index in [-0.39, 0.29) is 10.4 Å². The summed E-state index contributed by atoms with van der Waals surface area (Å²) in [7, 11) is 2.74. The zero-order chi connectivity index (χ0) is 15.1. The highest BCUT2D eigenvalue weighted by Crippen LogP contribution is 2.31. The largest absolute Gasteiger partial charge is 0.302 e. The predicted molar refractivity (Wildman–Crippen MR) is 92.2 cm³/mol. The van der Waals surface area contributed by atoms with E-state index < -0.39 is 0 Å². The Hall–Kier alpha value is 0.0400. The molecule has 0 N–H and O–H groups in total. The summed E-state index contributed by atoms with van der Waals surface area (Å²) in [6.45, 7) is 4.37. The minimum atomic E-state index is -0.0131. The number of aldehydes is 1. The molecule has 0 aliphatic heterocycles. The van der Waals surface area contributed by atoms with E-state index in [2.05, 4.69) is 13.8 Å². The van der Waals surface area contributed by atoms with Crippen LogP contribution in [0.5, 0.6) is 0 Å². The number of unbranched alkanes of at least 4 members (excludes halogenated alkanes) is 7. The van der Waals surface area contributed by atoms with Gasteiger partial charge in [0.05, 0.1) is 5.25 Å². The molecule has 0 spiro atoms. The van der Waals surface area contributed by atoms with Crippen LogP contribution in [0.3, 0.4) is 0 Å². The molecule has 0 aromatic heterocycles. The molecule has 0 fully saturated rings. The van der Waals surface area contributed by atoms with Gasteiger partial charge in [0.2, 0.25) is 0 Å². The van der Waals surface area contributed by atoms with Gasteiger partial charge in [0.25, 0.3) is 0 Å². The Kier molecular flexibility index (Phi) is 15.5. The molecule has 0 rings (SSSR count). The second-order valence-electron chi connectivity index (χ2n) is 5.24. The fourth-order valence-electron chi connectivity index (χ4n) is 1.94. The highest BCUT2D eigenvalue weighted by molar-refractivity contribution is 8.82. The third-order valence-corrected chi connectivity index (χ3v) is 5.91. The van der Waals surface area contributed by atoms with Gasteiger partial charge in [-0.1, -0.05) is 76.0 Å². The molecule has 1 unspecified atom stereocenters. The van der Waals surface area contributed by atoms with E-state index in [1.165, 1.54) is 60.1 Å². The molecule has 0 aliphatic carbocycles. The van der Waals surface area contributed by atoms with Gasteiger partial charge < -0.3 is 4.79 Å². The van der Waals surface area contributed by atoms with Crippen molar-refractivity contribution in [3.05, 3.63) is 0 Å². The monoisotopic (exact) mass is 318 g/mol. The lowest BCUT2D eigenvalue weighted by molar-refractivity contribution is -0.111. The van der Waals surface area contributed by atoms with Gasteiger partial charge in [-0.2, -0.15) is 0 Å². The van der Waals surface area contributed by atoms with Gasteiger partial charge in [-0.15, -0.1) is 0 Å². The molecule has 4 heteroatoms. The summed E-state index contributed by atoms with van der Waals surface area (Å²) in [5, 5.41) is 0.216. The molecule has 0 amide bonds. The SMILES string of the molecule is CCCCCCCC(=O)SSC(C=O)CCCCCC. The number of hydrogen-bond donors (Lipinski definition) is 0. The van der Waals surface area contributed by atoms with Gasteiger partial charge in [0, 0.05) is 6.42 Å². The zero-order valence-corrected chi connectivity index (χ0v) is 14.7. The van der Waals surface area contributed by atoms with E-state index in [9.17, 15) is 9.59 Å². The lowest BCUT2D eigenvalue weighted by Gasteiger charge is -2.08. The smallest absolute Gasteiger partial charge is 0.199 e. The normalized spacial score (nSPS) is 12.3. The van der Waals surface area contributed by atoms with Gasteiger partial charge in [-0.3, -0.25) is 4.79 Å². The maximum atomic E-state index is 11.7. The average molecular weight is 319 g/mol. The van der Waals surface area contributed by atoms with Crippen molar-refractivity contribution in [2.45, 2.75) is 89.7 Å². The van der Waals surface area contributed by atoms with E-state index in [4.69, 9.17) is 0 Å². The van der Waals surface area contributed by atoms with Gasteiger partial charge in [-0.25, -0.2) is 0 Å². The molecule has 0 aliphatic rings. The quantitative estimate of drug-likeness (QED) is 0.230. The molecule has 2 nitrogen and oxygen atoms in total. The number of hydrogen-bond acceptors (Lipinski definition) is 4. The Bertz CT molecular complexity index is 245. The van der Waals surface area contributed by atoms with Gasteiger partial charge >= 0.3 is 0 Å². The van der Waals surface area contributed by atoms with E-state index in [0.717, 1.165) is 32.0 Å². The van der Waals surface area contributed by atoms with Crippen molar-refractivity contribution in [2.75, 3.05) is 0 Å². The van der Waals surface area contributed by atoms with Crippen molar-refractivity contribution < 1.29 is 9.59 Å². The maximum absolute atomic E-state index is 11.7. The molecule has 0 aromatic carbocycles. The molecule has 0 saturated carbocycles. The maximum Gasteiger partial charge on any atom is 0.199 e. The van der Waals surface area contributed by atoms with Crippen molar-refractivity contribution in [1.29, 1.82) is 0 Å². The first-order valence-electron chi connectivity index (χ1n) is 8.06. The van der Waals surface area contributed by atoms with Crippen molar-refractivity contribution in [1.82, 2.24) is 0 Å². The second kappa shape index (κ2) is 15.4. The fraction of sp³-hybridized carbons (Fsp3) is 0.875. The summed E-state index contributed by atoms with van der Waals surface area (Å²) in [5.41, 5.74) is 0. The van der Waals surface area contributed by atoms with Crippen LogP contribution in [0.4, 0.5) is 0 Å². The molecule has 0 radical (unpaired) electrons. The van der Waals surface area contributed by atoms with Crippen molar-refractivity contribution in [3.63, 3.8) is 0 Å². The Morgan fingerprint density at radius 1 is 0.950 bits per heavy atom. The van der Waals surface area contributed by atoms with Crippen LogP contribution >= 0.6 is 21.6 Å². The van der Waals surface area contributed by atoms with Crippen LogP contribution < -0.4 is 0 Å². The summed E-state index contributed by atoms with van der Waals surface area (Å²) in [4.78, 5) is 22.7. The summed E-state index contributed by atoms with van der Waals surface area (Å²) < 4.78 is 0. The predicted octanol–water partition coefficient (Wildman–Crippen LogP) is 5.79. The van der Waals surface area contributed by atoms with E-state index >= 15 is 0 Å². The summed E-state index contributed by atoms with van der Waals surface area (Å²) in [6, 6.07) is 0. The molecule has 0 bridgehead atoms. The standard InChI is InChI=1S/C16H30O2S2/c1-3-5-7-9-11-13-16(18)20-19-15(14-17)12-10-8-6-4-2/h14-15H,3-13H2,1-2H3. The first-order chi connectivity index (χ1) is 9.74. The van der Waals surface area contributed by atoms with Gasteiger partial charge in [0.1, 0.15) is 6.29 Å². The lowest BCUT2D eigenvalue weighted by Crippen LogP contribution is -2.03. The van der Waals surface area contributed by atoms with Crippen LogP contribution in [-0.4, -0.2) is 16.7 Å². The number of carbonyl (C=O) groups is 2. The lowest BCUT2D eigenvalue weighted by atomic mass is 10.1. The third kappa shape index (κ3) is 13.0. The first-order valence-corrected chi connectivity index (χ1v) is 10.3. The van der Waals surface area contributed by atoms with Crippen molar-refractivity contribution in [2.24, 2.45) is 0 Å². The second-order valence-corrected chi connectivity index (χ2v) is 7.74. The Morgan fingerprint density at radius 3 is 2.15 bits per heavy atom. The zero-order valence-electron chi connectivity index (χ0n) is 13.1. The Morgan fingerprint density at radius 2 is 1.55 bits per heavy atom. The highest BCUT2D eigenvalue weighted by atomic mass is 33.1. The van der Waals surface area contributed by atoms with Crippen LogP contribution in [0.2, 0.25) is 0 Å². The van der Waals surface area contributed by atoms with E-state index in [1.807, 2.05) is 0 Å². The molecule has 1 atom stereocenters. The number of carbonyl (C=O) groups excluding carboxylic acids is 2. The first kappa shape index (κ1) is 20.0. The van der Waals surface area contributed by atoms with Gasteiger partial charge in [-0.05, 0) is 23.6 Å². The highest BCUT2D eigenvalue weighted by Gasteiger charge is 2.11. The molecular weight excluding hydrogens is 288 g/mol. The fourth-order valence-corrected chi connectivity index (χ4v) is 4.08. The van der Waals surface area contributed by atoms with Crippen LogP contribution in [0, 0.1) is 0 Å². The van der Waals surface area contributed by atoms with Gasteiger partial charge in [0.15, 0.2) is 5.12 Å². The van der Waals surface area contributed by atoms with Crippen LogP contribution in [0.1, 0.15) is 84.5 Å². The van der Waals surface area contributed by atoms with E-state index in [0.29, 0.717) is 6.42 Å². The topological polar surface area (TPSA) is 34.1 Å². The number of rotatable bonds is 14. The third-order valence-electron chi connectivity index (χ3n) is 3.24. The average Bonchev–Trinajstić information content (AvgIpc) is 2.46. The van der Waals surface area contributed by atoms with Crippen LogP contribution in [0.15, 0.2) is 0 Å². The molecule has 0 saturated heterocycles. The summed E-state index contributed by atoms with van der Waals surface area (Å²) >= 11 is 0. The summed E-state index contributed by atoms with van der Waals surface area (Å²) in [5.74, 6) is 0. The Labute approximate surface area is 132 Å². The van der Waals surface area contributed by atoms with Crippen molar-refractivity contribution in [3.8, 4) is 0 Å². The molecule has 20 heavy (non-hydrogen) atoms. The molecule has 118 valence electrons. The molecule has 0 aromatic rings. The Balaban J connectivity index is 3.55. The minimum Gasteiger partial charge on any atom is -0.302 e. The summed E-state index contributed by atoms with van der Waals surface area (Å²) in [6.07, 6.45) is 13.2. The van der Waals surface area contributed by atoms with Crippen LogP contribution in [0.25, 0.3) is 0 Å². The van der Waals surface area contributed by atoms with Crippen molar-refractivity contribution >= 4 is 33.0 Å². The molecule has 0 heterocycles. The minimum absolute atomic E-state index is 0.0131. The van der Waals surface area contributed by atoms with Crippen LogP contribution in [-0.2, 0) is 9.59 Å².